The first-order valence-corrected chi connectivity index (χ1v) is 6.16. The number of nitrogens with two attached hydrogens (primary N) is 1. The van der Waals surface area contributed by atoms with E-state index in [4.69, 9.17) is 15.9 Å². The van der Waals surface area contributed by atoms with Crippen molar-refractivity contribution in [2.24, 2.45) is 5.73 Å². The Labute approximate surface area is 112 Å². The van der Waals surface area contributed by atoms with Gasteiger partial charge >= 0.3 is 0 Å². The molecular formula is C15H17N3O. The van der Waals surface area contributed by atoms with Crippen LogP contribution in [-0.4, -0.2) is 10.8 Å². The van der Waals surface area contributed by atoms with Crippen LogP contribution >= 0.6 is 0 Å². The Kier molecular flexibility index (Phi) is 3.80. The molecule has 0 fully saturated rings. The average molecular weight is 255 g/mol. The fraction of sp³-hybridized carbons (Fsp3) is 0.200. The molecule has 0 spiro atoms. The summed E-state index contributed by atoms with van der Waals surface area (Å²) in [5, 5.41) is 7.38. The molecule has 0 amide bonds. The number of nitrogen functional groups attached to an aromatic ring is 1. The van der Waals surface area contributed by atoms with Crippen molar-refractivity contribution in [2.75, 3.05) is 0 Å². The maximum absolute atomic E-state index is 7.38. The third-order valence-electron chi connectivity index (χ3n) is 2.76. The molecular weight excluding hydrogens is 238 g/mol. The lowest BCUT2D eigenvalue weighted by molar-refractivity contribution is 0.454. The van der Waals surface area contributed by atoms with E-state index < -0.39 is 0 Å². The molecule has 3 N–H and O–H groups in total. The van der Waals surface area contributed by atoms with Crippen molar-refractivity contribution in [1.29, 1.82) is 5.41 Å². The molecule has 2 rings (SSSR count). The number of ether oxygens (including phenoxy) is 1. The lowest BCUT2D eigenvalue weighted by Gasteiger charge is -2.13. The second kappa shape index (κ2) is 5.52. The molecule has 0 bridgehead atoms. The Hall–Kier alpha value is -2.36. The lowest BCUT2D eigenvalue weighted by Crippen LogP contribution is -2.13. The first-order chi connectivity index (χ1) is 9.08. The molecule has 1 heterocycles. The van der Waals surface area contributed by atoms with Gasteiger partial charge in [0.1, 0.15) is 17.3 Å². The van der Waals surface area contributed by atoms with Crippen LogP contribution in [0.5, 0.6) is 11.6 Å². The van der Waals surface area contributed by atoms with Crippen LogP contribution in [0.3, 0.4) is 0 Å². The van der Waals surface area contributed by atoms with E-state index in [1.165, 1.54) is 0 Å². The summed E-state index contributed by atoms with van der Waals surface area (Å²) < 4.78 is 5.80. The molecule has 0 saturated heterocycles. The molecule has 0 aliphatic heterocycles. The molecule has 1 aromatic heterocycles. The number of rotatable bonds is 4. The smallest absolute Gasteiger partial charge is 0.219 e. The van der Waals surface area contributed by atoms with Gasteiger partial charge in [-0.3, -0.25) is 5.41 Å². The number of para-hydroxylation sites is 1. The van der Waals surface area contributed by atoms with E-state index in [2.05, 4.69) is 18.8 Å². The topological polar surface area (TPSA) is 72.0 Å². The van der Waals surface area contributed by atoms with E-state index in [1.54, 1.807) is 18.2 Å². The molecule has 4 heteroatoms. The standard InChI is InChI=1S/C15H17N3O/c1-10(2)11-6-3-4-8-13(11)19-14-9-5-7-12(18-14)15(16)17/h3-10H,1-2H3,(H3,16,17). The first-order valence-electron chi connectivity index (χ1n) is 6.16. The van der Waals surface area contributed by atoms with Crippen LogP contribution in [-0.2, 0) is 0 Å². The minimum Gasteiger partial charge on any atom is -0.439 e. The van der Waals surface area contributed by atoms with Crippen molar-refractivity contribution in [1.82, 2.24) is 4.98 Å². The lowest BCUT2D eigenvalue weighted by atomic mass is 10.0. The number of hydrogen-bond donors (Lipinski definition) is 2. The van der Waals surface area contributed by atoms with Gasteiger partial charge < -0.3 is 10.5 Å². The summed E-state index contributed by atoms with van der Waals surface area (Å²) in [7, 11) is 0. The minimum absolute atomic E-state index is 0.0670. The van der Waals surface area contributed by atoms with Crippen molar-refractivity contribution < 1.29 is 4.74 Å². The third-order valence-corrected chi connectivity index (χ3v) is 2.76. The normalized spacial score (nSPS) is 10.5. The average Bonchev–Trinajstić information content (AvgIpc) is 2.39. The molecule has 0 unspecified atom stereocenters. The highest BCUT2D eigenvalue weighted by molar-refractivity contribution is 5.93. The fourth-order valence-corrected chi connectivity index (χ4v) is 1.78. The second-order valence-corrected chi connectivity index (χ2v) is 4.57. The minimum atomic E-state index is -0.0670. The number of amidine groups is 1. The van der Waals surface area contributed by atoms with Crippen LogP contribution in [0.1, 0.15) is 31.0 Å². The summed E-state index contributed by atoms with van der Waals surface area (Å²) >= 11 is 0. The zero-order valence-electron chi connectivity index (χ0n) is 11.1. The number of nitrogens with zero attached hydrogens (tertiary/aromatic N) is 1. The maximum atomic E-state index is 7.38. The SMILES string of the molecule is CC(C)c1ccccc1Oc1cccc(C(=N)N)n1. The van der Waals surface area contributed by atoms with E-state index in [0.29, 0.717) is 17.5 Å². The van der Waals surface area contributed by atoms with E-state index in [1.807, 2.05) is 24.3 Å². The highest BCUT2D eigenvalue weighted by Gasteiger charge is 2.09. The van der Waals surface area contributed by atoms with E-state index in [9.17, 15) is 0 Å². The number of pyridine rings is 1. The summed E-state index contributed by atoms with van der Waals surface area (Å²) in [5.41, 5.74) is 6.96. The third kappa shape index (κ3) is 3.10. The molecule has 0 radical (unpaired) electrons. The van der Waals surface area contributed by atoms with Crippen molar-refractivity contribution in [3.63, 3.8) is 0 Å². The quantitative estimate of drug-likeness (QED) is 0.650. The molecule has 1 aromatic carbocycles. The van der Waals surface area contributed by atoms with Gasteiger partial charge in [-0.1, -0.05) is 38.1 Å². The molecule has 0 aliphatic carbocycles. The Morgan fingerprint density at radius 3 is 2.58 bits per heavy atom. The van der Waals surface area contributed by atoms with Gasteiger partial charge in [-0.15, -0.1) is 0 Å². The largest absolute Gasteiger partial charge is 0.439 e. The van der Waals surface area contributed by atoms with Crippen LogP contribution in [0, 0.1) is 5.41 Å². The molecule has 0 atom stereocenters. The van der Waals surface area contributed by atoms with Gasteiger partial charge in [0.15, 0.2) is 0 Å². The summed E-state index contributed by atoms with van der Waals surface area (Å²) in [6.45, 7) is 4.23. The highest BCUT2D eigenvalue weighted by Crippen LogP contribution is 2.29. The van der Waals surface area contributed by atoms with Crippen LogP contribution in [0.4, 0.5) is 0 Å². The summed E-state index contributed by atoms with van der Waals surface area (Å²) in [4.78, 5) is 4.20. The Morgan fingerprint density at radius 1 is 1.16 bits per heavy atom. The summed E-state index contributed by atoms with van der Waals surface area (Å²) in [6.07, 6.45) is 0. The van der Waals surface area contributed by atoms with Gasteiger partial charge in [0.2, 0.25) is 5.88 Å². The number of benzene rings is 1. The molecule has 19 heavy (non-hydrogen) atoms. The van der Waals surface area contributed by atoms with Gasteiger partial charge in [0.05, 0.1) is 0 Å². The Bertz CT molecular complexity index is 593. The van der Waals surface area contributed by atoms with Crippen LogP contribution in [0.15, 0.2) is 42.5 Å². The van der Waals surface area contributed by atoms with Crippen molar-refractivity contribution in [3.8, 4) is 11.6 Å². The van der Waals surface area contributed by atoms with Crippen LogP contribution in [0.2, 0.25) is 0 Å². The number of nitrogens with one attached hydrogen (secondary N) is 1. The zero-order chi connectivity index (χ0) is 13.8. The van der Waals surface area contributed by atoms with E-state index in [0.717, 1.165) is 11.3 Å². The van der Waals surface area contributed by atoms with Crippen LogP contribution < -0.4 is 10.5 Å². The second-order valence-electron chi connectivity index (χ2n) is 4.57. The molecule has 2 aromatic rings. The molecule has 98 valence electrons. The Morgan fingerprint density at radius 2 is 1.89 bits per heavy atom. The van der Waals surface area contributed by atoms with Gasteiger partial charge in [0, 0.05) is 6.07 Å². The van der Waals surface area contributed by atoms with Crippen molar-refractivity contribution in [3.05, 3.63) is 53.7 Å². The van der Waals surface area contributed by atoms with Gasteiger partial charge in [0.25, 0.3) is 0 Å². The van der Waals surface area contributed by atoms with Gasteiger partial charge in [-0.2, -0.15) is 0 Å². The van der Waals surface area contributed by atoms with Gasteiger partial charge in [-0.25, -0.2) is 4.98 Å². The maximum Gasteiger partial charge on any atom is 0.219 e. The number of hydrogen-bond acceptors (Lipinski definition) is 3. The van der Waals surface area contributed by atoms with Crippen LogP contribution in [0.25, 0.3) is 0 Å². The van der Waals surface area contributed by atoms with E-state index in [-0.39, 0.29) is 5.84 Å². The molecule has 0 saturated carbocycles. The van der Waals surface area contributed by atoms with E-state index >= 15 is 0 Å². The summed E-state index contributed by atoms with van der Waals surface area (Å²) in [5.74, 6) is 1.53. The fourth-order valence-electron chi connectivity index (χ4n) is 1.78. The monoisotopic (exact) mass is 255 g/mol. The predicted octanol–water partition coefficient (Wildman–Crippen LogP) is 3.28. The number of aromatic nitrogens is 1. The zero-order valence-corrected chi connectivity index (χ0v) is 11.1. The highest BCUT2D eigenvalue weighted by atomic mass is 16.5. The Balaban J connectivity index is 2.31. The molecule has 0 aliphatic rings. The first kappa shape index (κ1) is 13.1. The van der Waals surface area contributed by atoms with Crippen molar-refractivity contribution >= 4 is 5.84 Å². The predicted molar refractivity (Wildman–Crippen MR) is 75.9 cm³/mol. The van der Waals surface area contributed by atoms with Gasteiger partial charge in [-0.05, 0) is 23.6 Å². The van der Waals surface area contributed by atoms with Crippen molar-refractivity contribution in [2.45, 2.75) is 19.8 Å². The summed E-state index contributed by atoms with van der Waals surface area (Å²) in [6, 6.07) is 13.1. The molecule has 4 nitrogen and oxygen atoms in total.